The molecule has 0 saturated heterocycles. The van der Waals surface area contributed by atoms with Crippen LogP contribution < -0.4 is 0 Å². The Morgan fingerprint density at radius 1 is 1.11 bits per heavy atom. The monoisotopic (exact) mass is 310 g/mol. The third kappa shape index (κ3) is 2.77. The summed E-state index contributed by atoms with van der Waals surface area (Å²) in [5.74, 6) is -0.343. The quantitative estimate of drug-likeness (QED) is 0.914. The number of benzene rings is 2. The Balaban J connectivity index is 2.39. The summed E-state index contributed by atoms with van der Waals surface area (Å²) in [7, 11) is 0. The second-order valence-electron chi connectivity index (χ2n) is 3.96. The molecule has 0 radical (unpaired) electrons. The average molecular weight is 311 g/mol. The number of rotatable bonds is 3. The molecule has 2 N–H and O–H groups in total. The minimum atomic E-state index is -0.874. The van der Waals surface area contributed by atoms with Crippen LogP contribution in [0.4, 0.5) is 4.39 Å². The van der Waals surface area contributed by atoms with Crippen LogP contribution in [0.5, 0.6) is 0 Å². The van der Waals surface area contributed by atoms with Gasteiger partial charge in [0, 0.05) is 4.47 Å². The van der Waals surface area contributed by atoms with E-state index in [1.54, 1.807) is 18.2 Å². The van der Waals surface area contributed by atoms with Crippen molar-refractivity contribution in [3.8, 4) is 0 Å². The summed E-state index contributed by atoms with van der Waals surface area (Å²) in [6.45, 7) is -0.160. The van der Waals surface area contributed by atoms with Gasteiger partial charge in [-0.3, -0.25) is 0 Å². The third-order valence-electron chi connectivity index (χ3n) is 2.76. The van der Waals surface area contributed by atoms with Crippen molar-refractivity contribution >= 4 is 15.9 Å². The second-order valence-corrected chi connectivity index (χ2v) is 4.87. The first-order valence-corrected chi connectivity index (χ1v) is 6.24. The first-order valence-electron chi connectivity index (χ1n) is 5.44. The van der Waals surface area contributed by atoms with Gasteiger partial charge in [0.2, 0.25) is 0 Å². The summed E-state index contributed by atoms with van der Waals surface area (Å²) in [5.41, 5.74) is 1.85. The van der Waals surface area contributed by atoms with Gasteiger partial charge in [-0.2, -0.15) is 0 Å². The van der Waals surface area contributed by atoms with Crippen LogP contribution in [-0.2, 0) is 6.61 Å². The smallest absolute Gasteiger partial charge is 0.123 e. The van der Waals surface area contributed by atoms with Gasteiger partial charge in [0.15, 0.2) is 0 Å². The summed E-state index contributed by atoms with van der Waals surface area (Å²) in [6.07, 6.45) is -0.874. The molecule has 4 heteroatoms. The summed E-state index contributed by atoms with van der Waals surface area (Å²) >= 11 is 3.31. The van der Waals surface area contributed by atoms with Crippen molar-refractivity contribution in [2.75, 3.05) is 0 Å². The van der Waals surface area contributed by atoms with Crippen LogP contribution in [0.3, 0.4) is 0 Å². The molecule has 2 aromatic carbocycles. The number of hydrogen-bond acceptors (Lipinski definition) is 2. The van der Waals surface area contributed by atoms with E-state index in [2.05, 4.69) is 15.9 Å². The Labute approximate surface area is 113 Å². The molecular formula is C14H12BrFO2. The van der Waals surface area contributed by atoms with Gasteiger partial charge >= 0.3 is 0 Å². The van der Waals surface area contributed by atoms with E-state index in [0.717, 1.165) is 4.47 Å². The molecule has 0 fully saturated rings. The van der Waals surface area contributed by atoms with Crippen LogP contribution in [0.1, 0.15) is 22.8 Å². The Kier molecular flexibility index (Phi) is 4.11. The molecule has 0 amide bonds. The maximum Gasteiger partial charge on any atom is 0.123 e. The molecular weight excluding hydrogens is 299 g/mol. The zero-order chi connectivity index (χ0) is 13.1. The van der Waals surface area contributed by atoms with Crippen LogP contribution in [0.15, 0.2) is 46.9 Å². The van der Waals surface area contributed by atoms with Crippen molar-refractivity contribution in [1.29, 1.82) is 0 Å². The van der Waals surface area contributed by atoms with E-state index in [1.807, 2.05) is 0 Å². The maximum absolute atomic E-state index is 12.8. The molecule has 0 heterocycles. The van der Waals surface area contributed by atoms with Gasteiger partial charge in [0.05, 0.1) is 6.61 Å². The normalized spacial score (nSPS) is 12.4. The number of halogens is 2. The highest BCUT2D eigenvalue weighted by atomic mass is 79.9. The predicted octanol–water partition coefficient (Wildman–Crippen LogP) is 3.16. The van der Waals surface area contributed by atoms with E-state index in [4.69, 9.17) is 0 Å². The maximum atomic E-state index is 12.8. The molecule has 0 bridgehead atoms. The Morgan fingerprint density at radius 3 is 2.39 bits per heavy atom. The fourth-order valence-corrected chi connectivity index (χ4v) is 2.21. The largest absolute Gasteiger partial charge is 0.392 e. The van der Waals surface area contributed by atoms with Gasteiger partial charge in [0.1, 0.15) is 11.9 Å². The highest BCUT2D eigenvalue weighted by Crippen LogP contribution is 2.27. The highest BCUT2D eigenvalue weighted by molar-refractivity contribution is 9.10. The van der Waals surface area contributed by atoms with Crippen LogP contribution in [-0.4, -0.2) is 10.2 Å². The van der Waals surface area contributed by atoms with Crippen molar-refractivity contribution in [3.05, 3.63) is 69.4 Å². The lowest BCUT2D eigenvalue weighted by molar-refractivity contribution is 0.213. The first-order chi connectivity index (χ1) is 8.61. The fourth-order valence-electron chi connectivity index (χ4n) is 1.80. The summed E-state index contributed by atoms with van der Waals surface area (Å²) in [6, 6.07) is 10.9. The van der Waals surface area contributed by atoms with Gasteiger partial charge in [-0.1, -0.05) is 34.1 Å². The SMILES string of the molecule is OCc1cc(Br)ccc1C(O)c1ccc(F)cc1. The van der Waals surface area contributed by atoms with E-state index >= 15 is 0 Å². The van der Waals surface area contributed by atoms with E-state index < -0.39 is 6.10 Å². The fraction of sp³-hybridized carbons (Fsp3) is 0.143. The molecule has 0 aliphatic carbocycles. The molecule has 0 spiro atoms. The van der Waals surface area contributed by atoms with Crippen molar-refractivity contribution in [3.63, 3.8) is 0 Å². The zero-order valence-corrected chi connectivity index (χ0v) is 11.1. The van der Waals surface area contributed by atoms with Crippen LogP contribution >= 0.6 is 15.9 Å². The van der Waals surface area contributed by atoms with Gasteiger partial charge in [0.25, 0.3) is 0 Å². The Morgan fingerprint density at radius 2 is 1.78 bits per heavy atom. The van der Waals surface area contributed by atoms with Crippen molar-refractivity contribution < 1.29 is 14.6 Å². The van der Waals surface area contributed by atoms with E-state index in [0.29, 0.717) is 16.7 Å². The van der Waals surface area contributed by atoms with Crippen LogP contribution in [0.2, 0.25) is 0 Å². The molecule has 0 saturated carbocycles. The van der Waals surface area contributed by atoms with Gasteiger partial charge < -0.3 is 10.2 Å². The molecule has 2 nitrogen and oxygen atoms in total. The summed E-state index contributed by atoms with van der Waals surface area (Å²) < 4.78 is 13.7. The minimum Gasteiger partial charge on any atom is -0.392 e. The third-order valence-corrected chi connectivity index (χ3v) is 3.25. The molecule has 2 aromatic rings. The number of aliphatic hydroxyl groups excluding tert-OH is 2. The van der Waals surface area contributed by atoms with Crippen LogP contribution in [0, 0.1) is 5.82 Å². The first kappa shape index (κ1) is 13.2. The molecule has 0 aromatic heterocycles. The highest BCUT2D eigenvalue weighted by Gasteiger charge is 2.14. The predicted molar refractivity (Wildman–Crippen MR) is 70.5 cm³/mol. The molecule has 94 valence electrons. The zero-order valence-electron chi connectivity index (χ0n) is 9.48. The van der Waals surface area contributed by atoms with E-state index in [1.165, 1.54) is 24.3 Å². The molecule has 1 atom stereocenters. The lowest BCUT2D eigenvalue weighted by Gasteiger charge is -2.15. The molecule has 1 unspecified atom stereocenters. The average Bonchev–Trinajstić information content (AvgIpc) is 2.38. The molecule has 18 heavy (non-hydrogen) atoms. The van der Waals surface area contributed by atoms with Crippen molar-refractivity contribution in [2.45, 2.75) is 12.7 Å². The number of aliphatic hydroxyl groups is 2. The lowest BCUT2D eigenvalue weighted by atomic mass is 9.97. The summed E-state index contributed by atoms with van der Waals surface area (Å²) in [4.78, 5) is 0. The lowest BCUT2D eigenvalue weighted by Crippen LogP contribution is -2.04. The molecule has 0 aliphatic heterocycles. The van der Waals surface area contributed by atoms with Gasteiger partial charge in [-0.05, 0) is 41.0 Å². The topological polar surface area (TPSA) is 40.5 Å². The van der Waals surface area contributed by atoms with Gasteiger partial charge in [-0.25, -0.2) is 4.39 Å². The molecule has 0 aliphatic rings. The van der Waals surface area contributed by atoms with Crippen molar-refractivity contribution in [1.82, 2.24) is 0 Å². The van der Waals surface area contributed by atoms with Crippen molar-refractivity contribution in [2.24, 2.45) is 0 Å². The Hall–Kier alpha value is -1.23. The second kappa shape index (κ2) is 5.61. The van der Waals surface area contributed by atoms with E-state index in [-0.39, 0.29) is 12.4 Å². The van der Waals surface area contributed by atoms with E-state index in [9.17, 15) is 14.6 Å². The summed E-state index contributed by atoms with van der Waals surface area (Å²) in [5, 5.41) is 19.5. The minimum absolute atomic E-state index is 0.160. The Bertz CT molecular complexity index is 540. The van der Waals surface area contributed by atoms with Crippen LogP contribution in [0.25, 0.3) is 0 Å². The number of hydrogen-bond donors (Lipinski definition) is 2. The van der Waals surface area contributed by atoms with Gasteiger partial charge in [-0.15, -0.1) is 0 Å². The standard InChI is InChI=1S/C14H12BrFO2/c15-11-3-6-13(10(7-11)8-17)14(18)9-1-4-12(16)5-2-9/h1-7,14,17-18H,8H2. The molecule has 2 rings (SSSR count).